The van der Waals surface area contributed by atoms with Crippen LogP contribution >= 0.6 is 0 Å². The highest BCUT2D eigenvalue weighted by molar-refractivity contribution is 5.69. The summed E-state index contributed by atoms with van der Waals surface area (Å²) in [6.45, 7) is 10.3. The second kappa shape index (κ2) is 3.36. The molecule has 1 heterocycles. The van der Waals surface area contributed by atoms with Gasteiger partial charge in [-0.2, -0.15) is 0 Å². The molecule has 0 bridgehead atoms. The van der Waals surface area contributed by atoms with Gasteiger partial charge in [-0.25, -0.2) is 4.79 Å². The minimum atomic E-state index is -0.402. The molecule has 2 unspecified atom stereocenters. The maximum atomic E-state index is 11.8. The predicted molar refractivity (Wildman–Crippen MR) is 61.9 cm³/mol. The largest absolute Gasteiger partial charge is 0.444 e. The van der Waals surface area contributed by atoms with Crippen LogP contribution in [0.1, 0.15) is 27.7 Å². The second-order valence-corrected chi connectivity index (χ2v) is 6.31. The van der Waals surface area contributed by atoms with E-state index < -0.39 is 5.60 Å². The molecule has 1 aliphatic carbocycles. The number of carbonyl (C=O) groups is 1. The smallest absolute Gasteiger partial charge is 0.410 e. The van der Waals surface area contributed by atoms with Gasteiger partial charge in [0.15, 0.2) is 0 Å². The molecule has 1 saturated heterocycles. The number of rotatable bonds is 1. The molecule has 4 nitrogen and oxygen atoms in total. The number of nitrogens with two attached hydrogens (primary N) is 1. The highest BCUT2D eigenvalue weighted by atomic mass is 16.6. The molecule has 16 heavy (non-hydrogen) atoms. The van der Waals surface area contributed by atoms with E-state index in [-0.39, 0.29) is 11.5 Å². The van der Waals surface area contributed by atoms with Crippen LogP contribution in [0.4, 0.5) is 4.79 Å². The summed E-state index contributed by atoms with van der Waals surface area (Å²) < 4.78 is 5.35. The lowest BCUT2D eigenvalue weighted by Crippen LogP contribution is -2.39. The topological polar surface area (TPSA) is 55.6 Å². The molecule has 2 rings (SSSR count). The van der Waals surface area contributed by atoms with Crippen molar-refractivity contribution in [2.75, 3.05) is 19.6 Å². The van der Waals surface area contributed by atoms with Crippen molar-refractivity contribution in [2.45, 2.75) is 33.3 Å². The molecule has 1 aliphatic heterocycles. The monoisotopic (exact) mass is 226 g/mol. The minimum absolute atomic E-state index is 0.181. The summed E-state index contributed by atoms with van der Waals surface area (Å²) in [5, 5.41) is 0. The van der Waals surface area contributed by atoms with Gasteiger partial charge in [-0.15, -0.1) is 0 Å². The van der Waals surface area contributed by atoms with E-state index in [9.17, 15) is 4.79 Å². The van der Waals surface area contributed by atoms with Gasteiger partial charge in [0, 0.05) is 13.1 Å². The van der Waals surface area contributed by atoms with E-state index >= 15 is 0 Å². The summed E-state index contributed by atoms with van der Waals surface area (Å²) in [6, 6.07) is 0. The summed E-state index contributed by atoms with van der Waals surface area (Å²) in [6.07, 6.45) is -0.181. The maximum absolute atomic E-state index is 11.8. The molecule has 0 aromatic rings. The molecular formula is C12H22N2O2. The van der Waals surface area contributed by atoms with Crippen LogP contribution in [0.15, 0.2) is 0 Å². The fourth-order valence-electron chi connectivity index (χ4n) is 2.76. The molecule has 0 spiro atoms. The molecule has 4 heteroatoms. The Labute approximate surface area is 97.1 Å². The van der Waals surface area contributed by atoms with Gasteiger partial charge < -0.3 is 15.4 Å². The number of hydrogen-bond acceptors (Lipinski definition) is 3. The fourth-order valence-corrected chi connectivity index (χ4v) is 2.76. The van der Waals surface area contributed by atoms with E-state index in [1.807, 2.05) is 25.7 Å². The van der Waals surface area contributed by atoms with Crippen LogP contribution in [0, 0.1) is 17.3 Å². The number of hydrogen-bond donors (Lipinski definition) is 1. The standard InChI is InChI=1S/C12H22N2O2/c1-11(2,3)16-10(15)14-5-8-9(6-14)12(8,4)7-13/h8-9H,5-7,13H2,1-4H3. The quantitative estimate of drug-likeness (QED) is 0.736. The molecule has 0 aromatic heterocycles. The van der Waals surface area contributed by atoms with Crippen LogP contribution in [0.3, 0.4) is 0 Å². The van der Waals surface area contributed by atoms with E-state index in [1.54, 1.807) is 0 Å². The van der Waals surface area contributed by atoms with Gasteiger partial charge >= 0.3 is 6.09 Å². The van der Waals surface area contributed by atoms with E-state index in [1.165, 1.54) is 0 Å². The average molecular weight is 226 g/mol. The summed E-state index contributed by atoms with van der Waals surface area (Å²) in [5.41, 5.74) is 5.62. The normalized spacial score (nSPS) is 37.2. The van der Waals surface area contributed by atoms with Gasteiger partial charge in [0.25, 0.3) is 0 Å². The Kier molecular flexibility index (Phi) is 2.46. The van der Waals surface area contributed by atoms with E-state index in [2.05, 4.69) is 6.92 Å². The zero-order valence-corrected chi connectivity index (χ0v) is 10.6. The molecular weight excluding hydrogens is 204 g/mol. The first-order chi connectivity index (χ1) is 7.28. The van der Waals surface area contributed by atoms with E-state index in [4.69, 9.17) is 10.5 Å². The Balaban J connectivity index is 1.87. The van der Waals surface area contributed by atoms with Crippen LogP contribution in [0.5, 0.6) is 0 Å². The fraction of sp³-hybridized carbons (Fsp3) is 0.917. The SMILES string of the molecule is CC(C)(C)OC(=O)N1CC2C(C1)C2(C)CN. The van der Waals surface area contributed by atoms with E-state index in [0.29, 0.717) is 11.8 Å². The Morgan fingerprint density at radius 3 is 2.31 bits per heavy atom. The summed E-state index contributed by atoms with van der Waals surface area (Å²) in [4.78, 5) is 13.6. The predicted octanol–water partition coefficient (Wildman–Crippen LogP) is 1.45. The summed E-state index contributed by atoms with van der Waals surface area (Å²) in [7, 11) is 0. The molecule has 2 aliphatic rings. The first kappa shape index (κ1) is 11.7. The number of carbonyl (C=O) groups excluding carboxylic acids is 1. The maximum Gasteiger partial charge on any atom is 0.410 e. The van der Waals surface area contributed by atoms with Gasteiger partial charge in [-0.1, -0.05) is 6.92 Å². The number of ether oxygens (including phenoxy) is 1. The Hall–Kier alpha value is -0.770. The minimum Gasteiger partial charge on any atom is -0.444 e. The zero-order chi connectivity index (χ0) is 12.1. The lowest BCUT2D eigenvalue weighted by Gasteiger charge is -2.27. The van der Waals surface area contributed by atoms with Crippen LogP contribution in [0.2, 0.25) is 0 Å². The van der Waals surface area contributed by atoms with Gasteiger partial charge in [0.05, 0.1) is 0 Å². The third kappa shape index (κ3) is 1.79. The van der Waals surface area contributed by atoms with Crippen LogP contribution in [0.25, 0.3) is 0 Å². The third-order valence-electron chi connectivity index (χ3n) is 4.00. The lowest BCUT2D eigenvalue weighted by atomic mass is 10.0. The van der Waals surface area contributed by atoms with Crippen molar-refractivity contribution in [1.82, 2.24) is 4.90 Å². The number of likely N-dealkylation sites (tertiary alicyclic amines) is 1. The number of piperidine rings is 1. The van der Waals surface area contributed by atoms with Crippen molar-refractivity contribution in [3.05, 3.63) is 0 Å². The van der Waals surface area contributed by atoms with Crippen LogP contribution in [-0.4, -0.2) is 36.2 Å². The molecule has 2 atom stereocenters. The lowest BCUT2D eigenvalue weighted by molar-refractivity contribution is 0.0254. The van der Waals surface area contributed by atoms with Crippen molar-refractivity contribution < 1.29 is 9.53 Å². The van der Waals surface area contributed by atoms with Crippen LogP contribution in [-0.2, 0) is 4.74 Å². The van der Waals surface area contributed by atoms with Gasteiger partial charge in [-0.05, 0) is 44.6 Å². The summed E-state index contributed by atoms with van der Waals surface area (Å²) in [5.74, 6) is 1.18. The molecule has 2 fully saturated rings. The number of amides is 1. The third-order valence-corrected chi connectivity index (χ3v) is 4.00. The Morgan fingerprint density at radius 1 is 1.44 bits per heavy atom. The van der Waals surface area contributed by atoms with Crippen molar-refractivity contribution in [3.63, 3.8) is 0 Å². The molecule has 0 radical (unpaired) electrons. The van der Waals surface area contributed by atoms with Gasteiger partial charge in [0.2, 0.25) is 0 Å². The van der Waals surface area contributed by atoms with E-state index in [0.717, 1.165) is 19.6 Å². The highest BCUT2D eigenvalue weighted by Gasteiger charge is 2.65. The van der Waals surface area contributed by atoms with Crippen molar-refractivity contribution in [3.8, 4) is 0 Å². The van der Waals surface area contributed by atoms with Crippen molar-refractivity contribution in [2.24, 2.45) is 23.0 Å². The number of fused-ring (bicyclic) bond motifs is 1. The van der Waals surface area contributed by atoms with Crippen molar-refractivity contribution >= 4 is 6.09 Å². The van der Waals surface area contributed by atoms with Gasteiger partial charge in [-0.3, -0.25) is 0 Å². The van der Waals surface area contributed by atoms with Crippen LogP contribution < -0.4 is 5.73 Å². The summed E-state index contributed by atoms with van der Waals surface area (Å²) >= 11 is 0. The molecule has 92 valence electrons. The number of nitrogens with zero attached hydrogens (tertiary/aromatic N) is 1. The Morgan fingerprint density at radius 2 is 1.94 bits per heavy atom. The first-order valence-corrected chi connectivity index (χ1v) is 5.96. The molecule has 2 N–H and O–H groups in total. The second-order valence-electron chi connectivity index (χ2n) is 6.31. The average Bonchev–Trinajstić information content (AvgIpc) is 2.59. The molecule has 0 aromatic carbocycles. The van der Waals surface area contributed by atoms with Crippen molar-refractivity contribution in [1.29, 1.82) is 0 Å². The zero-order valence-electron chi connectivity index (χ0n) is 10.6. The molecule has 1 saturated carbocycles. The highest BCUT2D eigenvalue weighted by Crippen LogP contribution is 2.61. The first-order valence-electron chi connectivity index (χ1n) is 5.96. The molecule has 1 amide bonds. The van der Waals surface area contributed by atoms with Gasteiger partial charge in [0.1, 0.15) is 5.60 Å². The Bertz CT molecular complexity index is 297.